The number of anilines is 1. The van der Waals surface area contributed by atoms with Gasteiger partial charge in [-0.3, -0.25) is 14.4 Å². The van der Waals surface area contributed by atoms with Gasteiger partial charge in [0.15, 0.2) is 5.82 Å². The SMILES string of the molecule is Cn1ccc(N2Cc3c(cc(Cl)nc3-c3ccc(C(F)(F)F)cc3F)C2=O)n1. The Morgan fingerprint density at radius 2 is 1.89 bits per heavy atom. The van der Waals surface area contributed by atoms with Crippen LogP contribution in [0.15, 0.2) is 36.5 Å². The van der Waals surface area contributed by atoms with Gasteiger partial charge >= 0.3 is 6.18 Å². The van der Waals surface area contributed by atoms with Crippen LogP contribution in [0.2, 0.25) is 5.15 Å². The third kappa shape index (κ3) is 3.01. The molecule has 3 heterocycles. The van der Waals surface area contributed by atoms with Crippen LogP contribution in [-0.4, -0.2) is 20.7 Å². The minimum atomic E-state index is -4.67. The van der Waals surface area contributed by atoms with Gasteiger partial charge in [0.25, 0.3) is 5.91 Å². The Labute approximate surface area is 161 Å². The molecule has 0 fully saturated rings. The Bertz CT molecular complexity index is 1110. The number of amides is 1. The molecular formula is C18H11ClF4N4O. The number of halogens is 5. The zero-order chi connectivity index (χ0) is 20.2. The van der Waals surface area contributed by atoms with Crippen molar-refractivity contribution in [1.82, 2.24) is 14.8 Å². The molecule has 0 saturated heterocycles. The molecule has 0 unspecified atom stereocenters. The summed E-state index contributed by atoms with van der Waals surface area (Å²) >= 11 is 5.99. The molecule has 28 heavy (non-hydrogen) atoms. The van der Waals surface area contributed by atoms with Gasteiger partial charge in [-0.2, -0.15) is 18.3 Å². The number of aromatic nitrogens is 3. The quantitative estimate of drug-likeness (QED) is 0.463. The lowest BCUT2D eigenvalue weighted by Gasteiger charge is -2.12. The van der Waals surface area contributed by atoms with Gasteiger partial charge in [0, 0.05) is 30.4 Å². The number of alkyl halides is 3. The number of aryl methyl sites for hydroxylation is 1. The second kappa shape index (κ2) is 6.30. The second-order valence-corrected chi connectivity index (χ2v) is 6.64. The third-order valence-corrected chi connectivity index (χ3v) is 4.61. The third-order valence-electron chi connectivity index (χ3n) is 4.41. The van der Waals surface area contributed by atoms with Crippen LogP contribution < -0.4 is 4.90 Å². The first-order valence-corrected chi connectivity index (χ1v) is 8.41. The summed E-state index contributed by atoms with van der Waals surface area (Å²) in [7, 11) is 1.69. The molecule has 0 radical (unpaired) electrons. The van der Waals surface area contributed by atoms with Crippen molar-refractivity contribution in [1.29, 1.82) is 0 Å². The van der Waals surface area contributed by atoms with E-state index in [1.54, 1.807) is 19.3 Å². The van der Waals surface area contributed by atoms with Crippen LogP contribution in [0.1, 0.15) is 21.5 Å². The maximum atomic E-state index is 14.5. The number of hydrogen-bond donors (Lipinski definition) is 0. The van der Waals surface area contributed by atoms with Gasteiger partial charge in [0.05, 0.1) is 23.4 Å². The van der Waals surface area contributed by atoms with Crippen molar-refractivity contribution >= 4 is 23.3 Å². The maximum Gasteiger partial charge on any atom is 0.416 e. The fourth-order valence-corrected chi connectivity index (χ4v) is 3.30. The molecule has 4 rings (SSSR count). The molecule has 1 amide bonds. The van der Waals surface area contributed by atoms with E-state index in [-0.39, 0.29) is 28.5 Å². The van der Waals surface area contributed by atoms with Gasteiger partial charge in [0.1, 0.15) is 11.0 Å². The van der Waals surface area contributed by atoms with E-state index in [1.165, 1.54) is 15.6 Å². The number of pyridine rings is 1. The van der Waals surface area contributed by atoms with Crippen molar-refractivity contribution in [2.24, 2.45) is 7.05 Å². The molecule has 10 heteroatoms. The van der Waals surface area contributed by atoms with E-state index in [2.05, 4.69) is 10.1 Å². The minimum absolute atomic E-state index is 0.0282. The van der Waals surface area contributed by atoms with E-state index >= 15 is 0 Å². The summed E-state index contributed by atoms with van der Waals surface area (Å²) in [5.41, 5.74) is -0.666. The van der Waals surface area contributed by atoms with Crippen molar-refractivity contribution in [3.8, 4) is 11.3 Å². The number of rotatable bonds is 2. The molecule has 2 aromatic heterocycles. The van der Waals surface area contributed by atoms with Gasteiger partial charge in [-0.25, -0.2) is 9.37 Å². The van der Waals surface area contributed by atoms with Crippen molar-refractivity contribution in [2.45, 2.75) is 12.7 Å². The average Bonchev–Trinajstić information content (AvgIpc) is 3.17. The molecule has 0 spiro atoms. The van der Waals surface area contributed by atoms with E-state index in [4.69, 9.17) is 11.6 Å². The molecular weight excluding hydrogens is 400 g/mol. The molecule has 1 aliphatic heterocycles. The van der Waals surface area contributed by atoms with Crippen molar-refractivity contribution < 1.29 is 22.4 Å². The monoisotopic (exact) mass is 410 g/mol. The van der Waals surface area contributed by atoms with Crippen molar-refractivity contribution in [3.63, 3.8) is 0 Å². The highest BCUT2D eigenvalue weighted by Gasteiger charge is 2.35. The molecule has 1 aliphatic rings. The normalized spacial score (nSPS) is 13.9. The smallest absolute Gasteiger partial charge is 0.287 e. The van der Waals surface area contributed by atoms with E-state index in [0.717, 1.165) is 12.1 Å². The lowest BCUT2D eigenvalue weighted by Crippen LogP contribution is -2.23. The highest BCUT2D eigenvalue weighted by atomic mass is 35.5. The number of nitrogens with zero attached hydrogens (tertiary/aromatic N) is 4. The lowest BCUT2D eigenvalue weighted by molar-refractivity contribution is -0.137. The molecule has 0 N–H and O–H groups in total. The van der Waals surface area contributed by atoms with E-state index in [1.807, 2.05) is 0 Å². The Balaban J connectivity index is 1.82. The largest absolute Gasteiger partial charge is 0.416 e. The summed E-state index contributed by atoms with van der Waals surface area (Å²) in [4.78, 5) is 18.2. The van der Waals surface area contributed by atoms with Gasteiger partial charge in [0.2, 0.25) is 0 Å². The number of fused-ring (bicyclic) bond motifs is 1. The topological polar surface area (TPSA) is 51.0 Å². The van der Waals surface area contributed by atoms with Crippen LogP contribution in [-0.2, 0) is 19.8 Å². The predicted octanol–water partition coefficient (Wildman–Crippen LogP) is 4.45. The number of carbonyl (C=O) groups excluding carboxylic acids is 1. The first kappa shape index (κ1) is 18.4. The van der Waals surface area contributed by atoms with Gasteiger partial charge in [-0.05, 0) is 24.3 Å². The Kier molecular flexibility index (Phi) is 4.15. The van der Waals surface area contributed by atoms with Crippen LogP contribution in [0, 0.1) is 5.82 Å². The number of hydrogen-bond acceptors (Lipinski definition) is 3. The fourth-order valence-electron chi connectivity index (χ4n) is 3.10. The molecule has 144 valence electrons. The summed E-state index contributed by atoms with van der Waals surface area (Å²) in [6, 6.07) is 5.15. The zero-order valence-electron chi connectivity index (χ0n) is 14.3. The zero-order valence-corrected chi connectivity index (χ0v) is 15.0. The van der Waals surface area contributed by atoms with Gasteiger partial charge < -0.3 is 0 Å². The van der Waals surface area contributed by atoms with Gasteiger partial charge in [-0.15, -0.1) is 0 Å². The summed E-state index contributed by atoms with van der Waals surface area (Å²) in [6.07, 6.45) is -3.01. The molecule has 0 aliphatic carbocycles. The summed E-state index contributed by atoms with van der Waals surface area (Å²) < 4.78 is 54.5. The van der Waals surface area contributed by atoms with Crippen LogP contribution >= 0.6 is 11.6 Å². The van der Waals surface area contributed by atoms with Crippen molar-refractivity contribution in [3.05, 3.63) is 64.2 Å². The number of benzene rings is 1. The highest BCUT2D eigenvalue weighted by molar-refractivity contribution is 6.30. The standard InChI is InChI=1S/C18H11ClF4N4O/c1-26-5-4-15(25-26)27-8-12-11(17(27)28)7-14(19)24-16(12)10-3-2-9(6-13(10)20)18(21,22)23/h2-7H,8H2,1H3. The van der Waals surface area contributed by atoms with Crippen molar-refractivity contribution in [2.75, 3.05) is 4.90 Å². The molecule has 5 nitrogen and oxygen atoms in total. The summed E-state index contributed by atoms with van der Waals surface area (Å²) in [5.74, 6) is -1.11. The van der Waals surface area contributed by atoms with E-state index in [0.29, 0.717) is 17.4 Å². The predicted molar refractivity (Wildman–Crippen MR) is 93.4 cm³/mol. The Morgan fingerprint density at radius 3 is 2.50 bits per heavy atom. The maximum absolute atomic E-state index is 14.5. The lowest BCUT2D eigenvalue weighted by atomic mass is 10.0. The van der Waals surface area contributed by atoms with E-state index in [9.17, 15) is 22.4 Å². The second-order valence-electron chi connectivity index (χ2n) is 6.25. The fraction of sp³-hybridized carbons (Fsp3) is 0.167. The molecule has 0 saturated carbocycles. The average molecular weight is 411 g/mol. The Hall–Kier alpha value is -2.94. The minimum Gasteiger partial charge on any atom is -0.287 e. The highest BCUT2D eigenvalue weighted by Crippen LogP contribution is 2.38. The molecule has 3 aromatic rings. The molecule has 1 aromatic carbocycles. The Morgan fingerprint density at radius 1 is 1.14 bits per heavy atom. The summed E-state index contributed by atoms with van der Waals surface area (Å²) in [6.45, 7) is 0.0468. The molecule has 0 atom stereocenters. The number of carbonyl (C=O) groups is 1. The first-order chi connectivity index (χ1) is 13.1. The van der Waals surface area contributed by atoms with Gasteiger partial charge in [-0.1, -0.05) is 11.6 Å². The first-order valence-electron chi connectivity index (χ1n) is 8.03. The summed E-state index contributed by atoms with van der Waals surface area (Å²) in [5, 5.41) is 4.11. The van der Waals surface area contributed by atoms with E-state index < -0.39 is 23.5 Å². The van der Waals surface area contributed by atoms with Crippen LogP contribution in [0.3, 0.4) is 0 Å². The van der Waals surface area contributed by atoms with Crippen LogP contribution in [0.5, 0.6) is 0 Å². The van der Waals surface area contributed by atoms with Crippen LogP contribution in [0.4, 0.5) is 23.4 Å². The molecule has 0 bridgehead atoms. The van der Waals surface area contributed by atoms with Crippen LogP contribution in [0.25, 0.3) is 11.3 Å².